The third kappa shape index (κ3) is 4.04. The van der Waals surface area contributed by atoms with E-state index in [-0.39, 0.29) is 17.8 Å². The Morgan fingerprint density at radius 2 is 1.80 bits per heavy atom. The second-order valence-electron chi connectivity index (χ2n) is 6.75. The molecule has 2 saturated heterocycles. The first-order valence-corrected chi connectivity index (χ1v) is 8.58. The highest BCUT2D eigenvalue weighted by Gasteiger charge is 2.44. The minimum atomic E-state index is -0.434. The molecule has 134 valence electrons. The van der Waals surface area contributed by atoms with Crippen molar-refractivity contribution in [3.63, 3.8) is 0 Å². The number of amides is 4. The topological polar surface area (TPSA) is 81.8 Å². The molecule has 1 aromatic rings. The van der Waals surface area contributed by atoms with E-state index in [0.717, 1.165) is 0 Å². The number of urea groups is 1. The lowest BCUT2D eigenvalue weighted by Crippen LogP contribution is -2.45. The maximum Gasteiger partial charge on any atom is 0.321 e. The van der Waals surface area contributed by atoms with Crippen LogP contribution in [0.15, 0.2) is 24.3 Å². The summed E-state index contributed by atoms with van der Waals surface area (Å²) in [6.45, 7) is 3.77. The number of hydrogen-bond acceptors (Lipinski definition) is 3. The first kappa shape index (κ1) is 17.5. The fourth-order valence-corrected chi connectivity index (χ4v) is 3.54. The van der Waals surface area contributed by atoms with E-state index in [1.165, 1.54) is 6.92 Å². The predicted molar refractivity (Wildman–Crippen MR) is 94.4 cm³/mol. The zero-order valence-electron chi connectivity index (χ0n) is 14.0. The molecule has 1 atom stereocenters. The van der Waals surface area contributed by atoms with Crippen LogP contribution in [0.25, 0.3) is 0 Å². The molecule has 0 saturated carbocycles. The summed E-state index contributed by atoms with van der Waals surface area (Å²) in [5, 5.41) is 6.28. The van der Waals surface area contributed by atoms with E-state index in [9.17, 15) is 14.4 Å². The van der Waals surface area contributed by atoms with Gasteiger partial charge < -0.3 is 20.4 Å². The van der Waals surface area contributed by atoms with E-state index in [1.54, 1.807) is 34.1 Å². The van der Waals surface area contributed by atoms with Gasteiger partial charge in [-0.2, -0.15) is 0 Å². The SMILES string of the molecule is CC(=O)N1CCN(C(=O)Nc2ccc(Cl)cc2)CC2(CNC(=O)C2)C1. The summed E-state index contributed by atoms with van der Waals surface area (Å²) in [6, 6.07) is 6.63. The minimum Gasteiger partial charge on any atom is -0.355 e. The summed E-state index contributed by atoms with van der Waals surface area (Å²) in [4.78, 5) is 39.7. The number of nitrogens with zero attached hydrogens (tertiary/aromatic N) is 2. The molecular formula is C17H21ClN4O3. The average molecular weight is 365 g/mol. The number of halogens is 1. The molecule has 0 radical (unpaired) electrons. The van der Waals surface area contributed by atoms with Gasteiger partial charge in [0.25, 0.3) is 0 Å². The summed E-state index contributed by atoms with van der Waals surface area (Å²) >= 11 is 5.86. The molecule has 2 fully saturated rings. The van der Waals surface area contributed by atoms with Crippen molar-refractivity contribution in [2.24, 2.45) is 5.41 Å². The molecule has 8 heteroatoms. The van der Waals surface area contributed by atoms with Crippen LogP contribution in [0.5, 0.6) is 0 Å². The van der Waals surface area contributed by atoms with Gasteiger partial charge in [-0.3, -0.25) is 9.59 Å². The van der Waals surface area contributed by atoms with E-state index in [0.29, 0.717) is 49.9 Å². The van der Waals surface area contributed by atoms with Gasteiger partial charge in [0.1, 0.15) is 0 Å². The number of hydrogen-bond donors (Lipinski definition) is 2. The second-order valence-corrected chi connectivity index (χ2v) is 7.19. The van der Waals surface area contributed by atoms with Crippen LogP contribution in [0.2, 0.25) is 5.02 Å². The van der Waals surface area contributed by atoms with Crippen LogP contribution in [-0.4, -0.2) is 60.4 Å². The van der Waals surface area contributed by atoms with E-state index in [4.69, 9.17) is 11.6 Å². The van der Waals surface area contributed by atoms with Crippen molar-refractivity contribution in [2.75, 3.05) is 38.0 Å². The van der Waals surface area contributed by atoms with Gasteiger partial charge in [-0.25, -0.2) is 4.79 Å². The molecule has 2 N–H and O–H groups in total. The number of anilines is 1. The van der Waals surface area contributed by atoms with E-state index in [2.05, 4.69) is 10.6 Å². The predicted octanol–water partition coefficient (Wildman–Crippen LogP) is 1.54. The van der Waals surface area contributed by atoms with Crippen LogP contribution in [0.1, 0.15) is 13.3 Å². The first-order valence-electron chi connectivity index (χ1n) is 8.21. The lowest BCUT2D eigenvalue weighted by molar-refractivity contribution is -0.130. The zero-order chi connectivity index (χ0) is 18.0. The number of carbonyl (C=O) groups excluding carboxylic acids is 3. The van der Waals surface area contributed by atoms with Crippen molar-refractivity contribution in [2.45, 2.75) is 13.3 Å². The molecule has 2 heterocycles. The van der Waals surface area contributed by atoms with Crippen LogP contribution in [0, 0.1) is 5.41 Å². The van der Waals surface area contributed by atoms with Crippen LogP contribution in [0.3, 0.4) is 0 Å². The van der Waals surface area contributed by atoms with Gasteiger partial charge in [-0.15, -0.1) is 0 Å². The number of rotatable bonds is 1. The third-order valence-corrected chi connectivity index (χ3v) is 4.97. The van der Waals surface area contributed by atoms with Gasteiger partial charge in [0, 0.05) is 62.2 Å². The molecule has 4 amide bonds. The molecule has 3 rings (SSSR count). The van der Waals surface area contributed by atoms with Gasteiger partial charge in [-0.1, -0.05) is 11.6 Å². The van der Waals surface area contributed by atoms with Gasteiger partial charge in [-0.05, 0) is 24.3 Å². The molecule has 2 aliphatic rings. The minimum absolute atomic E-state index is 0.0385. The van der Waals surface area contributed by atoms with E-state index >= 15 is 0 Å². The Morgan fingerprint density at radius 3 is 2.40 bits per heavy atom. The van der Waals surface area contributed by atoms with Crippen LogP contribution in [-0.2, 0) is 9.59 Å². The Kier molecular flexibility index (Phi) is 4.85. The molecule has 1 aromatic carbocycles. The standard InChI is InChI=1S/C17H21ClN4O3/c1-12(23)21-6-7-22(11-17(10-21)8-15(24)19-9-17)16(25)20-14-4-2-13(18)3-5-14/h2-5H,6-11H2,1H3,(H,19,24)(H,20,25). The highest BCUT2D eigenvalue weighted by molar-refractivity contribution is 6.30. The van der Waals surface area contributed by atoms with Crippen molar-refractivity contribution in [1.29, 1.82) is 0 Å². The van der Waals surface area contributed by atoms with Gasteiger partial charge in [0.15, 0.2) is 0 Å². The molecule has 2 aliphatic heterocycles. The monoisotopic (exact) mass is 364 g/mol. The molecule has 1 unspecified atom stereocenters. The van der Waals surface area contributed by atoms with Gasteiger partial charge in [0.2, 0.25) is 11.8 Å². The highest BCUT2D eigenvalue weighted by atomic mass is 35.5. The average Bonchev–Trinajstić information content (AvgIpc) is 2.81. The molecule has 0 aromatic heterocycles. The normalized spacial score (nSPS) is 23.4. The van der Waals surface area contributed by atoms with Crippen LogP contribution < -0.4 is 10.6 Å². The Labute approximate surface area is 151 Å². The van der Waals surface area contributed by atoms with E-state index in [1.807, 2.05) is 0 Å². The summed E-state index contributed by atoms with van der Waals surface area (Å²) in [7, 11) is 0. The number of nitrogens with one attached hydrogen (secondary N) is 2. The van der Waals surface area contributed by atoms with Gasteiger partial charge in [0.05, 0.1) is 0 Å². The smallest absolute Gasteiger partial charge is 0.321 e. The molecule has 0 aliphatic carbocycles. The van der Waals surface area contributed by atoms with Crippen LogP contribution in [0.4, 0.5) is 10.5 Å². The van der Waals surface area contributed by atoms with Crippen molar-refractivity contribution in [3.8, 4) is 0 Å². The van der Waals surface area contributed by atoms with E-state index < -0.39 is 5.41 Å². The Balaban J connectivity index is 1.76. The van der Waals surface area contributed by atoms with Crippen molar-refractivity contribution in [3.05, 3.63) is 29.3 Å². The lowest BCUT2D eigenvalue weighted by atomic mass is 9.86. The Morgan fingerprint density at radius 1 is 1.16 bits per heavy atom. The number of carbonyl (C=O) groups is 3. The fourth-order valence-electron chi connectivity index (χ4n) is 3.41. The molecular weight excluding hydrogens is 344 g/mol. The van der Waals surface area contributed by atoms with Crippen molar-refractivity contribution in [1.82, 2.24) is 15.1 Å². The van der Waals surface area contributed by atoms with Crippen molar-refractivity contribution < 1.29 is 14.4 Å². The summed E-state index contributed by atoms with van der Waals surface area (Å²) in [6.07, 6.45) is 0.321. The quantitative estimate of drug-likeness (QED) is 0.793. The highest BCUT2D eigenvalue weighted by Crippen LogP contribution is 2.31. The van der Waals surface area contributed by atoms with Crippen molar-refractivity contribution >= 4 is 35.1 Å². The summed E-state index contributed by atoms with van der Waals surface area (Å²) in [5.74, 6) is -0.0813. The zero-order valence-corrected chi connectivity index (χ0v) is 14.8. The number of benzene rings is 1. The van der Waals surface area contributed by atoms with Gasteiger partial charge >= 0.3 is 6.03 Å². The molecule has 25 heavy (non-hydrogen) atoms. The fraction of sp³-hybridized carbons (Fsp3) is 0.471. The van der Waals surface area contributed by atoms with Crippen LogP contribution >= 0.6 is 11.6 Å². The molecule has 0 bridgehead atoms. The lowest BCUT2D eigenvalue weighted by Gasteiger charge is -2.32. The first-order chi connectivity index (χ1) is 11.9. The maximum atomic E-state index is 12.7. The maximum absolute atomic E-state index is 12.7. The summed E-state index contributed by atoms with van der Waals surface area (Å²) in [5.41, 5.74) is 0.216. The Hall–Kier alpha value is -2.28. The second kappa shape index (κ2) is 6.92. The summed E-state index contributed by atoms with van der Waals surface area (Å²) < 4.78 is 0. The molecule has 1 spiro atoms. The third-order valence-electron chi connectivity index (χ3n) is 4.72. The Bertz CT molecular complexity index is 694. The largest absolute Gasteiger partial charge is 0.355 e. The molecule has 7 nitrogen and oxygen atoms in total.